The van der Waals surface area contributed by atoms with Gasteiger partial charge < -0.3 is 20.8 Å². The van der Waals surface area contributed by atoms with Gasteiger partial charge in [-0.05, 0) is 43.4 Å². The van der Waals surface area contributed by atoms with E-state index in [2.05, 4.69) is 22.9 Å². The summed E-state index contributed by atoms with van der Waals surface area (Å²) in [5.74, 6) is -1.22. The maximum atomic E-state index is 14.1. The molecular weight excluding hydrogens is 570 g/mol. The third-order valence-electron chi connectivity index (χ3n) is 9.63. The molecule has 0 unspecified atom stereocenters. The number of piperidine rings is 1. The number of hydrogen-bond acceptors (Lipinski definition) is 6. The van der Waals surface area contributed by atoms with Crippen molar-refractivity contribution >= 4 is 34.4 Å². The average Bonchev–Trinajstić information content (AvgIpc) is 3.40. The normalized spacial score (nSPS) is 24.4. The first-order chi connectivity index (χ1) is 21.8. The third-order valence-corrected chi connectivity index (χ3v) is 9.63. The van der Waals surface area contributed by atoms with Crippen LogP contribution in [0.5, 0.6) is 0 Å². The second-order valence-corrected chi connectivity index (χ2v) is 12.9. The molecule has 10 heteroatoms. The van der Waals surface area contributed by atoms with E-state index < -0.39 is 30.1 Å². The van der Waals surface area contributed by atoms with Crippen molar-refractivity contribution in [2.45, 2.75) is 122 Å². The Morgan fingerprint density at radius 2 is 1.60 bits per heavy atom. The molecular formula is C35H53N5O5. The minimum Gasteiger partial charge on any atom is -0.417 e. The number of hydrogen-bond donors (Lipinski definition) is 3. The molecule has 248 valence electrons. The van der Waals surface area contributed by atoms with Crippen LogP contribution in [0.25, 0.3) is 10.9 Å². The highest BCUT2D eigenvalue weighted by molar-refractivity contribution is 5.97. The van der Waals surface area contributed by atoms with Crippen molar-refractivity contribution in [1.29, 1.82) is 0 Å². The minimum atomic E-state index is -0.958. The molecule has 1 aromatic carbocycles. The number of carbonyl (C=O) groups excluding carboxylic acids is 4. The quantitative estimate of drug-likeness (QED) is 0.308. The van der Waals surface area contributed by atoms with Crippen LogP contribution >= 0.6 is 0 Å². The number of para-hydroxylation sites is 1. The van der Waals surface area contributed by atoms with E-state index in [1.165, 1.54) is 6.42 Å². The van der Waals surface area contributed by atoms with Gasteiger partial charge in [-0.25, -0.2) is 0 Å². The summed E-state index contributed by atoms with van der Waals surface area (Å²) in [4.78, 5) is 63.0. The van der Waals surface area contributed by atoms with Crippen LogP contribution in [0, 0.1) is 5.92 Å². The van der Waals surface area contributed by atoms with Gasteiger partial charge in [-0.15, -0.1) is 0 Å². The van der Waals surface area contributed by atoms with Crippen LogP contribution in [0.15, 0.2) is 30.5 Å². The molecule has 0 spiro atoms. The Balaban J connectivity index is 1.67. The standard InChI is InChI=1S/C35H53N5O5/c1-5-7-8-9-10-11-17-27-33(42)37-28(21-25-22-40(45-4)29-18-13-12-16-26(25)29)34(43)38-32(24(3)6-2)31(41)23-39-20-15-14-19-30(39)35(44)36-27/h12-13,16,18,22,24,27-28,30,32H,5-11,14-15,17,19-21,23H2,1-4H3,(H,36,44)(H,37,42)(H,38,43)/t24-,27-,28-,30+,32-/m0/s1. The van der Waals surface area contributed by atoms with Crippen molar-refractivity contribution in [3.63, 3.8) is 0 Å². The fourth-order valence-corrected chi connectivity index (χ4v) is 6.70. The summed E-state index contributed by atoms with van der Waals surface area (Å²) in [5, 5.41) is 10.00. The third kappa shape index (κ3) is 8.87. The highest BCUT2D eigenvalue weighted by Gasteiger charge is 2.37. The summed E-state index contributed by atoms with van der Waals surface area (Å²) in [6, 6.07) is 4.80. The fraction of sp³-hybridized carbons (Fsp3) is 0.657. The van der Waals surface area contributed by atoms with E-state index in [1.54, 1.807) is 11.8 Å². The summed E-state index contributed by atoms with van der Waals surface area (Å²) in [6.45, 7) is 6.85. The Bertz CT molecular complexity index is 1310. The van der Waals surface area contributed by atoms with Crippen LogP contribution in [0.3, 0.4) is 0 Å². The molecule has 3 amide bonds. The number of ketones is 1. The number of nitrogens with one attached hydrogen (secondary N) is 3. The van der Waals surface area contributed by atoms with Gasteiger partial charge in [0.1, 0.15) is 19.2 Å². The number of aromatic nitrogens is 1. The maximum Gasteiger partial charge on any atom is 0.243 e. The van der Waals surface area contributed by atoms with Crippen LogP contribution in [-0.4, -0.2) is 77.5 Å². The zero-order valence-electron chi connectivity index (χ0n) is 27.6. The highest BCUT2D eigenvalue weighted by atomic mass is 16.6. The average molecular weight is 624 g/mol. The molecule has 4 rings (SSSR count). The second-order valence-electron chi connectivity index (χ2n) is 12.9. The number of amides is 3. The Morgan fingerprint density at radius 3 is 2.36 bits per heavy atom. The van der Waals surface area contributed by atoms with Crippen molar-refractivity contribution in [1.82, 2.24) is 25.6 Å². The number of rotatable bonds is 12. The molecule has 0 radical (unpaired) electrons. The smallest absolute Gasteiger partial charge is 0.243 e. The monoisotopic (exact) mass is 623 g/mol. The summed E-state index contributed by atoms with van der Waals surface area (Å²) >= 11 is 0. The molecule has 10 nitrogen and oxygen atoms in total. The van der Waals surface area contributed by atoms with E-state index in [4.69, 9.17) is 4.84 Å². The van der Waals surface area contributed by atoms with E-state index >= 15 is 0 Å². The van der Waals surface area contributed by atoms with Gasteiger partial charge in [0.05, 0.1) is 24.1 Å². The van der Waals surface area contributed by atoms with Crippen LogP contribution in [0.1, 0.15) is 97.0 Å². The predicted molar refractivity (Wildman–Crippen MR) is 176 cm³/mol. The van der Waals surface area contributed by atoms with Gasteiger partial charge in [0.25, 0.3) is 0 Å². The number of benzene rings is 1. The Labute approximate surface area is 267 Å². The van der Waals surface area contributed by atoms with Crippen molar-refractivity contribution in [2.75, 3.05) is 20.2 Å². The van der Waals surface area contributed by atoms with Gasteiger partial charge in [-0.1, -0.05) is 90.3 Å². The summed E-state index contributed by atoms with van der Waals surface area (Å²) < 4.78 is 1.65. The molecule has 2 aromatic rings. The molecule has 2 aliphatic rings. The molecule has 0 aliphatic carbocycles. The molecule has 1 aromatic heterocycles. The first kappa shape index (κ1) is 34.5. The summed E-state index contributed by atoms with van der Waals surface area (Å²) in [7, 11) is 1.58. The van der Waals surface area contributed by atoms with Gasteiger partial charge in [0, 0.05) is 18.0 Å². The van der Waals surface area contributed by atoms with E-state index in [9.17, 15) is 19.2 Å². The van der Waals surface area contributed by atoms with E-state index in [0.717, 1.165) is 61.4 Å². The Kier molecular flexibility index (Phi) is 12.9. The predicted octanol–water partition coefficient (Wildman–Crippen LogP) is 3.93. The molecule has 0 saturated carbocycles. The number of carbonyl (C=O) groups is 4. The molecule has 5 atom stereocenters. The van der Waals surface area contributed by atoms with Crippen molar-refractivity contribution in [3.8, 4) is 0 Å². The van der Waals surface area contributed by atoms with Gasteiger partial charge in [-0.3, -0.25) is 24.1 Å². The molecule has 3 heterocycles. The number of nitrogens with zero attached hydrogens (tertiary/aromatic N) is 2. The lowest BCUT2D eigenvalue weighted by Crippen LogP contribution is -2.57. The topological polar surface area (TPSA) is 122 Å². The SMILES string of the molecule is CCCCCCCC[C@@H]1NC(=O)[C@H]2CCCCN2CC(=O)[C@H]([C@@H](C)CC)NC(=O)[C@H](Cc2cn(OC)c3ccccc23)NC1=O. The van der Waals surface area contributed by atoms with Crippen molar-refractivity contribution < 1.29 is 24.0 Å². The number of Topliss-reactive ketones (excluding diaryl/α,β-unsaturated/α-hetero) is 1. The van der Waals surface area contributed by atoms with E-state index in [1.807, 2.05) is 49.2 Å². The Hall–Kier alpha value is -3.40. The van der Waals surface area contributed by atoms with Crippen LogP contribution in [0.4, 0.5) is 0 Å². The molecule has 2 aliphatic heterocycles. The summed E-state index contributed by atoms with van der Waals surface area (Å²) in [5.41, 5.74) is 1.68. The largest absolute Gasteiger partial charge is 0.417 e. The molecule has 45 heavy (non-hydrogen) atoms. The zero-order valence-corrected chi connectivity index (χ0v) is 27.6. The van der Waals surface area contributed by atoms with Crippen LogP contribution in [0.2, 0.25) is 0 Å². The highest BCUT2D eigenvalue weighted by Crippen LogP contribution is 2.23. The lowest BCUT2D eigenvalue weighted by atomic mass is 9.93. The fourth-order valence-electron chi connectivity index (χ4n) is 6.70. The number of unbranched alkanes of at least 4 members (excludes halogenated alkanes) is 5. The molecule has 2 saturated heterocycles. The van der Waals surface area contributed by atoms with E-state index in [0.29, 0.717) is 25.8 Å². The molecule has 3 N–H and O–H groups in total. The van der Waals surface area contributed by atoms with Crippen LogP contribution < -0.4 is 20.8 Å². The molecule has 0 bridgehead atoms. The first-order valence-electron chi connectivity index (χ1n) is 17.1. The van der Waals surface area contributed by atoms with Gasteiger partial charge in [-0.2, -0.15) is 4.73 Å². The lowest BCUT2D eigenvalue weighted by molar-refractivity contribution is -0.134. The zero-order chi connectivity index (χ0) is 32.3. The maximum absolute atomic E-state index is 14.1. The summed E-state index contributed by atoms with van der Waals surface area (Å²) in [6.07, 6.45) is 12.0. The van der Waals surface area contributed by atoms with Gasteiger partial charge >= 0.3 is 0 Å². The van der Waals surface area contributed by atoms with E-state index in [-0.39, 0.29) is 36.5 Å². The van der Waals surface area contributed by atoms with Crippen molar-refractivity contribution in [2.24, 2.45) is 5.92 Å². The minimum absolute atomic E-state index is 0.0861. The first-order valence-corrected chi connectivity index (χ1v) is 17.1. The van der Waals surface area contributed by atoms with Gasteiger partial charge in [0.15, 0.2) is 5.78 Å². The van der Waals surface area contributed by atoms with Crippen LogP contribution in [-0.2, 0) is 25.6 Å². The Morgan fingerprint density at radius 1 is 0.889 bits per heavy atom. The van der Waals surface area contributed by atoms with Gasteiger partial charge in [0.2, 0.25) is 17.7 Å². The second kappa shape index (κ2) is 16.8. The van der Waals surface area contributed by atoms with Crippen molar-refractivity contribution in [3.05, 3.63) is 36.0 Å². The molecule has 2 fully saturated rings. The lowest BCUT2D eigenvalue weighted by Gasteiger charge is -2.36. The number of fused-ring (bicyclic) bond motifs is 2.